The van der Waals surface area contributed by atoms with Gasteiger partial charge in [0.15, 0.2) is 0 Å². The number of amides is 1. The van der Waals surface area contributed by atoms with Crippen LogP contribution in [0, 0.1) is 11.6 Å². The molecular weight excluding hydrogens is 619 g/mol. The standard InChI is InChI=1S/C30H29Cl2F2N5O3S/c1-4-25(40)37-8-15(3)38(9-14(37)2)29-18-6-20(32)26(17-5-19(31)22(34)7-21(17)33)28-27(18)39(30(41)35-29)16(13-43-28)10-36-11-24-23(36)12-42-24/h4-7,14-16,23-24H,1,8-13H2,2-3H3/t14-,15+,16+,23?,24?/m1/s1. The molecule has 3 aromatic rings. The summed E-state index contributed by atoms with van der Waals surface area (Å²) in [7, 11) is 0. The molecule has 3 saturated heterocycles. The number of carbonyl (C=O) groups is 1. The van der Waals surface area contributed by atoms with E-state index in [2.05, 4.69) is 16.5 Å². The van der Waals surface area contributed by atoms with Gasteiger partial charge in [-0.1, -0.05) is 29.8 Å². The molecule has 43 heavy (non-hydrogen) atoms. The molecule has 0 saturated carbocycles. The maximum Gasteiger partial charge on any atom is 0.350 e. The van der Waals surface area contributed by atoms with Gasteiger partial charge in [0.2, 0.25) is 5.91 Å². The van der Waals surface area contributed by atoms with Gasteiger partial charge in [-0.25, -0.2) is 13.6 Å². The molecule has 0 N–H and O–H groups in total. The van der Waals surface area contributed by atoms with E-state index in [1.54, 1.807) is 15.5 Å². The van der Waals surface area contributed by atoms with Crippen LogP contribution in [0.1, 0.15) is 19.9 Å². The number of benzene rings is 2. The molecule has 8 nitrogen and oxygen atoms in total. The molecule has 4 aliphatic heterocycles. The van der Waals surface area contributed by atoms with E-state index in [9.17, 15) is 14.0 Å². The minimum absolute atomic E-state index is 0.0624. The van der Waals surface area contributed by atoms with Crippen LogP contribution in [0.25, 0.3) is 22.0 Å². The molecule has 0 radical (unpaired) electrons. The van der Waals surface area contributed by atoms with Crippen molar-refractivity contribution >= 4 is 57.6 Å². The lowest BCUT2D eigenvalue weighted by Crippen LogP contribution is -2.71. The summed E-state index contributed by atoms with van der Waals surface area (Å²) in [6.45, 7) is 10.6. The lowest BCUT2D eigenvalue weighted by Gasteiger charge is -2.55. The predicted molar refractivity (Wildman–Crippen MR) is 164 cm³/mol. The third-order valence-corrected chi connectivity index (χ3v) is 10.9. The first-order valence-corrected chi connectivity index (χ1v) is 15.9. The van der Waals surface area contributed by atoms with Crippen LogP contribution in [0.15, 0.2) is 40.5 Å². The number of hydrogen-bond acceptors (Lipinski definition) is 7. The summed E-state index contributed by atoms with van der Waals surface area (Å²) >= 11 is 14.5. The number of hydrogen-bond donors (Lipinski definition) is 0. The minimum atomic E-state index is -0.866. The summed E-state index contributed by atoms with van der Waals surface area (Å²) in [5.41, 5.74) is 0.627. The van der Waals surface area contributed by atoms with Gasteiger partial charge in [-0.2, -0.15) is 4.98 Å². The predicted octanol–water partition coefficient (Wildman–Crippen LogP) is 4.99. The number of likely N-dealkylation sites (tertiary alicyclic amines) is 1. The smallest absolute Gasteiger partial charge is 0.350 e. The van der Waals surface area contributed by atoms with Crippen LogP contribution < -0.4 is 10.6 Å². The van der Waals surface area contributed by atoms with Crippen LogP contribution in [-0.4, -0.2) is 88.0 Å². The first-order chi connectivity index (χ1) is 20.6. The van der Waals surface area contributed by atoms with E-state index in [1.165, 1.54) is 23.9 Å². The van der Waals surface area contributed by atoms with Crippen molar-refractivity contribution in [3.8, 4) is 11.1 Å². The van der Waals surface area contributed by atoms with Gasteiger partial charge in [0.05, 0.1) is 40.4 Å². The molecule has 5 heterocycles. The van der Waals surface area contributed by atoms with Crippen molar-refractivity contribution in [1.82, 2.24) is 19.4 Å². The third kappa shape index (κ3) is 4.58. The molecule has 7 rings (SSSR count). The van der Waals surface area contributed by atoms with E-state index in [0.717, 1.165) is 12.6 Å². The third-order valence-electron chi connectivity index (χ3n) is 9.12. The van der Waals surface area contributed by atoms with Crippen LogP contribution in [0.4, 0.5) is 14.6 Å². The van der Waals surface area contributed by atoms with Crippen molar-refractivity contribution in [2.75, 3.05) is 43.4 Å². The molecule has 1 aromatic heterocycles. The molecule has 2 aromatic carbocycles. The fourth-order valence-corrected chi connectivity index (χ4v) is 8.61. The molecule has 0 bridgehead atoms. The summed E-state index contributed by atoms with van der Waals surface area (Å²) in [5.74, 6) is -0.814. The van der Waals surface area contributed by atoms with Crippen molar-refractivity contribution < 1.29 is 18.3 Å². The highest BCUT2D eigenvalue weighted by molar-refractivity contribution is 7.99. The van der Waals surface area contributed by atoms with Crippen LogP contribution in [-0.2, 0) is 9.53 Å². The van der Waals surface area contributed by atoms with Gasteiger partial charge < -0.3 is 14.5 Å². The normalized spacial score (nSPS) is 26.6. The fourth-order valence-electron chi connectivity index (χ4n) is 6.77. The van der Waals surface area contributed by atoms with E-state index in [0.29, 0.717) is 65.2 Å². The Labute approximate surface area is 261 Å². The Hall–Kier alpha value is -2.70. The lowest BCUT2D eigenvalue weighted by atomic mass is 9.94. The van der Waals surface area contributed by atoms with Gasteiger partial charge in [0.1, 0.15) is 17.5 Å². The molecular formula is C30H29Cl2F2N5O3S. The number of ether oxygens (including phenoxy) is 1. The van der Waals surface area contributed by atoms with Crippen LogP contribution in [0.3, 0.4) is 0 Å². The maximum absolute atomic E-state index is 15.3. The Morgan fingerprint density at radius 1 is 1.14 bits per heavy atom. The largest absolute Gasteiger partial charge is 0.373 e. The highest BCUT2D eigenvalue weighted by Gasteiger charge is 2.48. The Balaban J connectivity index is 1.41. The number of halogens is 4. The molecule has 5 atom stereocenters. The summed E-state index contributed by atoms with van der Waals surface area (Å²) in [5, 5.41) is 0.669. The number of fused-ring (bicyclic) bond motifs is 1. The Morgan fingerprint density at radius 3 is 2.60 bits per heavy atom. The van der Waals surface area contributed by atoms with Gasteiger partial charge in [0, 0.05) is 71.5 Å². The molecule has 4 aliphatic rings. The number of carbonyl (C=O) groups excluding carboxylic acids is 1. The second-order valence-electron chi connectivity index (χ2n) is 11.7. The van der Waals surface area contributed by atoms with Gasteiger partial charge in [-0.05, 0) is 32.1 Å². The number of aromatic nitrogens is 2. The van der Waals surface area contributed by atoms with Crippen LogP contribution in [0.2, 0.25) is 10.0 Å². The monoisotopic (exact) mass is 647 g/mol. The van der Waals surface area contributed by atoms with Crippen molar-refractivity contribution in [2.24, 2.45) is 0 Å². The number of nitrogens with zero attached hydrogens (tertiary/aromatic N) is 5. The zero-order chi connectivity index (χ0) is 30.3. The summed E-state index contributed by atoms with van der Waals surface area (Å²) in [6.07, 6.45) is 1.56. The molecule has 3 fully saturated rings. The molecule has 226 valence electrons. The number of thioether (sulfide) groups is 1. The summed E-state index contributed by atoms with van der Waals surface area (Å²) in [4.78, 5) is 37.9. The Kier molecular flexibility index (Phi) is 7.25. The zero-order valence-electron chi connectivity index (χ0n) is 23.5. The van der Waals surface area contributed by atoms with Crippen LogP contribution >= 0.6 is 35.0 Å². The van der Waals surface area contributed by atoms with Crippen molar-refractivity contribution in [1.29, 1.82) is 0 Å². The maximum atomic E-state index is 15.3. The first-order valence-electron chi connectivity index (χ1n) is 14.2. The molecule has 0 aliphatic carbocycles. The number of anilines is 1. The van der Waals surface area contributed by atoms with E-state index < -0.39 is 17.3 Å². The van der Waals surface area contributed by atoms with Crippen molar-refractivity contribution in [3.05, 3.63) is 63.0 Å². The van der Waals surface area contributed by atoms with Gasteiger partial charge in [-0.3, -0.25) is 14.3 Å². The first kappa shape index (κ1) is 29.0. The average molecular weight is 649 g/mol. The molecule has 1 amide bonds. The number of piperazine rings is 1. The van der Waals surface area contributed by atoms with Crippen molar-refractivity contribution in [2.45, 2.75) is 49.0 Å². The lowest BCUT2D eigenvalue weighted by molar-refractivity contribution is -0.216. The second-order valence-corrected chi connectivity index (χ2v) is 13.5. The average Bonchev–Trinajstić information content (AvgIpc) is 2.96. The van der Waals surface area contributed by atoms with E-state index in [1.807, 2.05) is 18.7 Å². The van der Waals surface area contributed by atoms with Gasteiger partial charge in [0.25, 0.3) is 0 Å². The number of morpholine rings is 1. The SMILES string of the molecule is C=CC(=O)N1C[C@H](C)N(c2nc(=O)n3c4c(c(-c5cc(Cl)c(F)cc5F)c(Cl)cc24)SC[C@@H]3CN2CC3OCC32)C[C@H]1C. The van der Waals surface area contributed by atoms with Gasteiger partial charge >= 0.3 is 5.69 Å². The summed E-state index contributed by atoms with van der Waals surface area (Å²) < 4.78 is 36.7. The summed E-state index contributed by atoms with van der Waals surface area (Å²) in [6, 6.07) is 3.55. The zero-order valence-corrected chi connectivity index (χ0v) is 25.9. The molecule has 13 heteroatoms. The minimum Gasteiger partial charge on any atom is -0.373 e. The van der Waals surface area contributed by atoms with E-state index >= 15 is 4.39 Å². The topological polar surface area (TPSA) is 70.9 Å². The van der Waals surface area contributed by atoms with E-state index in [-0.39, 0.29) is 45.7 Å². The van der Waals surface area contributed by atoms with Crippen LogP contribution in [0.5, 0.6) is 0 Å². The highest BCUT2D eigenvalue weighted by atomic mass is 35.5. The highest BCUT2D eigenvalue weighted by Crippen LogP contribution is 2.49. The Morgan fingerprint density at radius 2 is 1.93 bits per heavy atom. The molecule has 0 spiro atoms. The second kappa shape index (κ2) is 10.7. The van der Waals surface area contributed by atoms with Gasteiger partial charge in [-0.15, -0.1) is 11.8 Å². The quantitative estimate of drug-likeness (QED) is 0.285. The Bertz CT molecular complexity index is 1760. The molecule has 2 unspecified atom stereocenters. The van der Waals surface area contributed by atoms with Crippen molar-refractivity contribution in [3.63, 3.8) is 0 Å². The fraction of sp³-hybridized carbons (Fsp3) is 0.433. The number of rotatable bonds is 5. The van der Waals surface area contributed by atoms with E-state index in [4.69, 9.17) is 27.9 Å².